The zero-order chi connectivity index (χ0) is 16.2. The third-order valence-electron chi connectivity index (χ3n) is 3.90. The van der Waals surface area contributed by atoms with Gasteiger partial charge in [0.15, 0.2) is 0 Å². The molecule has 1 aliphatic rings. The van der Waals surface area contributed by atoms with E-state index in [0.29, 0.717) is 18.1 Å². The Kier molecular flexibility index (Phi) is 4.62. The quantitative estimate of drug-likeness (QED) is 0.872. The van der Waals surface area contributed by atoms with Gasteiger partial charge in [0.1, 0.15) is 18.0 Å². The van der Waals surface area contributed by atoms with Gasteiger partial charge in [0.2, 0.25) is 6.41 Å². The van der Waals surface area contributed by atoms with Gasteiger partial charge in [0.05, 0.1) is 0 Å². The van der Waals surface area contributed by atoms with Crippen molar-refractivity contribution in [2.24, 2.45) is 0 Å². The maximum atomic E-state index is 10.8. The number of carbonyl (C=O) groups excluding carboxylic acids is 1. The molecule has 1 saturated heterocycles. The molecule has 0 unspecified atom stereocenters. The molecule has 2 heterocycles. The summed E-state index contributed by atoms with van der Waals surface area (Å²) in [5.41, 5.74) is 2.02. The predicted molar refractivity (Wildman–Crippen MR) is 91.4 cm³/mol. The molecule has 6 nitrogen and oxygen atoms in total. The fourth-order valence-electron chi connectivity index (χ4n) is 2.51. The summed E-state index contributed by atoms with van der Waals surface area (Å²) in [6.07, 6.45) is 2.44. The average Bonchev–Trinajstić information content (AvgIpc) is 2.58. The van der Waals surface area contributed by atoms with Crippen molar-refractivity contribution in [3.63, 3.8) is 0 Å². The van der Waals surface area contributed by atoms with Crippen LogP contribution in [0.4, 0.5) is 17.3 Å². The molecule has 7 heteroatoms. The number of anilines is 3. The van der Waals surface area contributed by atoms with Crippen molar-refractivity contribution in [1.29, 1.82) is 0 Å². The van der Waals surface area contributed by atoms with Gasteiger partial charge in [-0.1, -0.05) is 17.7 Å². The maximum Gasteiger partial charge on any atom is 0.209 e. The van der Waals surface area contributed by atoms with Crippen LogP contribution < -0.4 is 10.2 Å². The van der Waals surface area contributed by atoms with E-state index in [-0.39, 0.29) is 0 Å². The van der Waals surface area contributed by atoms with E-state index in [2.05, 4.69) is 20.2 Å². The zero-order valence-electron chi connectivity index (χ0n) is 12.9. The third kappa shape index (κ3) is 3.71. The van der Waals surface area contributed by atoms with Gasteiger partial charge in [0, 0.05) is 43.0 Å². The smallest absolute Gasteiger partial charge is 0.209 e. The van der Waals surface area contributed by atoms with Crippen molar-refractivity contribution in [3.05, 3.63) is 41.2 Å². The van der Waals surface area contributed by atoms with E-state index in [1.165, 1.54) is 0 Å². The van der Waals surface area contributed by atoms with E-state index in [0.717, 1.165) is 42.4 Å². The number of nitrogens with zero attached hydrogens (tertiary/aromatic N) is 4. The van der Waals surface area contributed by atoms with Gasteiger partial charge in [-0.3, -0.25) is 4.79 Å². The van der Waals surface area contributed by atoms with E-state index in [4.69, 9.17) is 11.6 Å². The van der Waals surface area contributed by atoms with Crippen LogP contribution in [0.15, 0.2) is 30.6 Å². The fourth-order valence-corrected chi connectivity index (χ4v) is 2.68. The molecule has 1 N–H and O–H groups in total. The molecule has 1 amide bonds. The lowest BCUT2D eigenvalue weighted by Crippen LogP contribution is -2.46. The maximum absolute atomic E-state index is 10.8. The second-order valence-corrected chi connectivity index (χ2v) is 5.91. The summed E-state index contributed by atoms with van der Waals surface area (Å²) >= 11 is 6.05. The Morgan fingerprint density at radius 1 is 1.17 bits per heavy atom. The highest BCUT2D eigenvalue weighted by Crippen LogP contribution is 2.24. The molecule has 2 aromatic rings. The monoisotopic (exact) mass is 331 g/mol. The van der Waals surface area contributed by atoms with Crippen molar-refractivity contribution >= 4 is 35.3 Å². The lowest BCUT2D eigenvalue weighted by Gasteiger charge is -2.33. The SMILES string of the molecule is Cc1ccc(Cl)cc1Nc1cc(N2CCN(C=O)CC2)ncn1. The van der Waals surface area contributed by atoms with Crippen molar-refractivity contribution in [3.8, 4) is 0 Å². The highest BCUT2D eigenvalue weighted by atomic mass is 35.5. The minimum atomic E-state index is 0.678. The van der Waals surface area contributed by atoms with Crippen LogP contribution in [-0.4, -0.2) is 47.5 Å². The van der Waals surface area contributed by atoms with Crippen molar-refractivity contribution < 1.29 is 4.79 Å². The topological polar surface area (TPSA) is 61.4 Å². The normalized spacial score (nSPS) is 14.7. The van der Waals surface area contributed by atoms with Gasteiger partial charge in [-0.05, 0) is 24.6 Å². The molecule has 23 heavy (non-hydrogen) atoms. The minimum absolute atomic E-state index is 0.678. The number of hydrogen-bond acceptors (Lipinski definition) is 5. The van der Waals surface area contributed by atoms with E-state index < -0.39 is 0 Å². The molecule has 0 aliphatic carbocycles. The van der Waals surface area contributed by atoms with Gasteiger partial charge in [-0.25, -0.2) is 9.97 Å². The molecule has 3 rings (SSSR count). The highest BCUT2D eigenvalue weighted by molar-refractivity contribution is 6.30. The molecular formula is C16H18ClN5O. The Morgan fingerprint density at radius 3 is 2.70 bits per heavy atom. The van der Waals surface area contributed by atoms with Crippen LogP contribution in [0.2, 0.25) is 5.02 Å². The minimum Gasteiger partial charge on any atom is -0.353 e. The predicted octanol–water partition coefficient (Wildman–Crippen LogP) is 2.46. The van der Waals surface area contributed by atoms with Crippen molar-refractivity contribution in [1.82, 2.24) is 14.9 Å². The summed E-state index contributed by atoms with van der Waals surface area (Å²) in [7, 11) is 0. The summed E-state index contributed by atoms with van der Waals surface area (Å²) < 4.78 is 0. The van der Waals surface area contributed by atoms with Crippen molar-refractivity contribution in [2.75, 3.05) is 36.4 Å². The van der Waals surface area contributed by atoms with Crippen LogP contribution >= 0.6 is 11.6 Å². The van der Waals surface area contributed by atoms with Crippen LogP contribution in [0.1, 0.15) is 5.56 Å². The van der Waals surface area contributed by atoms with E-state index in [9.17, 15) is 4.79 Å². The van der Waals surface area contributed by atoms with Gasteiger partial charge >= 0.3 is 0 Å². The molecule has 1 aliphatic heterocycles. The Morgan fingerprint density at radius 2 is 1.96 bits per heavy atom. The standard InChI is InChI=1S/C16H18ClN5O/c1-12-2-3-13(17)8-14(12)20-15-9-16(19-10-18-15)22-6-4-21(11-23)5-7-22/h2-3,8-11H,4-7H2,1H3,(H,18,19,20). The first-order chi connectivity index (χ1) is 11.2. The molecule has 0 spiro atoms. The van der Waals surface area contributed by atoms with Gasteiger partial charge in [-0.15, -0.1) is 0 Å². The third-order valence-corrected chi connectivity index (χ3v) is 4.14. The summed E-state index contributed by atoms with van der Waals surface area (Å²) in [6, 6.07) is 7.61. The van der Waals surface area contributed by atoms with Gasteiger partial charge in [0.25, 0.3) is 0 Å². The van der Waals surface area contributed by atoms with Gasteiger partial charge in [-0.2, -0.15) is 0 Å². The molecule has 0 bridgehead atoms. The van der Waals surface area contributed by atoms with E-state index >= 15 is 0 Å². The summed E-state index contributed by atoms with van der Waals surface area (Å²) in [5, 5.41) is 3.96. The number of aromatic nitrogens is 2. The molecule has 1 fully saturated rings. The highest BCUT2D eigenvalue weighted by Gasteiger charge is 2.17. The molecule has 1 aromatic heterocycles. The number of piperazine rings is 1. The first-order valence-corrected chi connectivity index (χ1v) is 7.83. The average molecular weight is 332 g/mol. The lowest BCUT2D eigenvalue weighted by atomic mass is 10.2. The van der Waals surface area contributed by atoms with Crippen LogP contribution in [0.25, 0.3) is 0 Å². The summed E-state index contributed by atoms with van der Waals surface area (Å²) in [6.45, 7) is 4.98. The van der Waals surface area contributed by atoms with Crippen LogP contribution in [0.5, 0.6) is 0 Å². The van der Waals surface area contributed by atoms with Crippen LogP contribution in [-0.2, 0) is 4.79 Å². The number of carbonyl (C=O) groups is 1. The summed E-state index contributed by atoms with van der Waals surface area (Å²) in [4.78, 5) is 23.3. The Balaban J connectivity index is 1.75. The zero-order valence-corrected chi connectivity index (χ0v) is 13.6. The van der Waals surface area contributed by atoms with E-state index in [1.807, 2.05) is 31.2 Å². The van der Waals surface area contributed by atoms with E-state index in [1.54, 1.807) is 11.2 Å². The Bertz CT molecular complexity index is 701. The molecule has 120 valence electrons. The Hall–Kier alpha value is -2.34. The molecule has 0 atom stereocenters. The molecule has 0 radical (unpaired) electrons. The molecule has 1 aromatic carbocycles. The van der Waals surface area contributed by atoms with Gasteiger partial charge < -0.3 is 15.1 Å². The van der Waals surface area contributed by atoms with Crippen LogP contribution in [0.3, 0.4) is 0 Å². The number of amides is 1. The van der Waals surface area contributed by atoms with Crippen LogP contribution in [0, 0.1) is 6.92 Å². The number of benzene rings is 1. The summed E-state index contributed by atoms with van der Waals surface area (Å²) in [5.74, 6) is 1.57. The lowest BCUT2D eigenvalue weighted by molar-refractivity contribution is -0.118. The molecular weight excluding hydrogens is 314 g/mol. The largest absolute Gasteiger partial charge is 0.353 e. The molecule has 0 saturated carbocycles. The second kappa shape index (κ2) is 6.83. The first-order valence-electron chi connectivity index (χ1n) is 7.45. The number of halogens is 1. The fraction of sp³-hybridized carbons (Fsp3) is 0.312. The number of nitrogens with one attached hydrogen (secondary N) is 1. The number of aryl methyl sites for hydroxylation is 1. The number of rotatable bonds is 4. The number of hydrogen-bond donors (Lipinski definition) is 1. The first kappa shape index (κ1) is 15.6. The second-order valence-electron chi connectivity index (χ2n) is 5.47. The van der Waals surface area contributed by atoms with Crippen molar-refractivity contribution in [2.45, 2.75) is 6.92 Å². The Labute approximate surface area is 140 Å².